The Bertz CT molecular complexity index is 2100. The predicted molar refractivity (Wildman–Crippen MR) is 247 cm³/mol. The zero-order valence-corrected chi connectivity index (χ0v) is 38.3. The summed E-state index contributed by atoms with van der Waals surface area (Å²) in [7, 11) is 0. The molecule has 4 aromatic rings. The molecule has 0 aliphatic carbocycles. The molecule has 1 aliphatic heterocycles. The first-order valence-electron chi connectivity index (χ1n) is 22.7. The molecule has 7 N–H and O–H groups in total. The van der Waals surface area contributed by atoms with E-state index in [-0.39, 0.29) is 38.3 Å². The third kappa shape index (κ3) is 13.9. The Balaban J connectivity index is 1.06. The number of carbonyl (C=O) groups excluding carboxylic acids is 3. The Hall–Kier alpha value is -4.71. The maximum Gasteiger partial charge on any atom is 0.246 e. The van der Waals surface area contributed by atoms with Gasteiger partial charge in [0.25, 0.3) is 0 Å². The van der Waals surface area contributed by atoms with E-state index in [1.165, 1.54) is 5.56 Å². The van der Waals surface area contributed by atoms with Gasteiger partial charge in [0.2, 0.25) is 17.7 Å². The summed E-state index contributed by atoms with van der Waals surface area (Å²) >= 11 is 0. The number of nitrogens with zero attached hydrogens (tertiary/aromatic N) is 5. The molecule has 346 valence electrons. The predicted octanol–water partition coefficient (Wildman–Crippen LogP) is 3.89. The fourth-order valence-electron chi connectivity index (χ4n) is 7.81. The lowest BCUT2D eigenvalue weighted by Gasteiger charge is -2.34. The van der Waals surface area contributed by atoms with Crippen LogP contribution in [0, 0.1) is 11.3 Å². The normalized spacial score (nSPS) is 14.9. The molecule has 2 atom stereocenters. The van der Waals surface area contributed by atoms with Crippen LogP contribution in [0.4, 0.5) is 11.5 Å². The smallest absolute Gasteiger partial charge is 0.246 e. The molecule has 0 spiro atoms. The Labute approximate surface area is 372 Å². The summed E-state index contributed by atoms with van der Waals surface area (Å²) in [6, 6.07) is 12.6. The van der Waals surface area contributed by atoms with Gasteiger partial charge in [-0.1, -0.05) is 58.4 Å². The van der Waals surface area contributed by atoms with Crippen molar-refractivity contribution in [2.75, 3.05) is 83.4 Å². The van der Waals surface area contributed by atoms with Crippen molar-refractivity contribution in [3.63, 3.8) is 0 Å². The Morgan fingerprint density at radius 2 is 1.54 bits per heavy atom. The summed E-state index contributed by atoms with van der Waals surface area (Å²) in [4.78, 5) is 53.1. The average molecular weight is 874 g/mol. The SMILES string of the molecule is CCCCc1nc2c(N)nc3cc(CCCN4CCN(Cc5ccc(NC(=O)[C@H](C)NC(=O)[C@@H](NC(=O)COCCOCC)C(C)C)cc5)CC4)ccc3c2n1CC(C)(CO)CO. The minimum Gasteiger partial charge on any atom is -0.396 e. The highest BCUT2D eigenvalue weighted by Crippen LogP contribution is 2.33. The highest BCUT2D eigenvalue weighted by atomic mass is 16.5. The molecule has 16 heteroatoms. The van der Waals surface area contributed by atoms with Crippen molar-refractivity contribution in [1.82, 2.24) is 35.0 Å². The van der Waals surface area contributed by atoms with Crippen molar-refractivity contribution in [2.24, 2.45) is 11.3 Å². The van der Waals surface area contributed by atoms with Crippen molar-refractivity contribution in [2.45, 2.75) is 98.8 Å². The number of fused-ring (bicyclic) bond motifs is 3. The van der Waals surface area contributed by atoms with Gasteiger partial charge < -0.3 is 50.8 Å². The molecule has 1 saturated heterocycles. The molecule has 3 amide bonds. The number of rotatable bonds is 25. The van der Waals surface area contributed by atoms with Crippen LogP contribution >= 0.6 is 0 Å². The number of benzene rings is 2. The first kappa shape index (κ1) is 49.3. The van der Waals surface area contributed by atoms with Gasteiger partial charge >= 0.3 is 0 Å². The fourth-order valence-corrected chi connectivity index (χ4v) is 7.81. The summed E-state index contributed by atoms with van der Waals surface area (Å²) in [6.07, 6.45) is 4.72. The lowest BCUT2D eigenvalue weighted by molar-refractivity contribution is -0.133. The standard InChI is InChI=1S/C47H71N9O7/c1-7-9-12-39-52-42-43(56(39)29-47(6,30-57)31-58)37-18-15-34(26-38(37)51-44(42)48)11-10-19-54-20-22-55(23-21-54)27-35-13-16-36(17-14-35)50-45(60)33(5)49-46(61)41(32(3)4)53-40(59)28-63-25-24-62-8-2/h13-18,26,32-33,41,57-58H,7-12,19-25,27-31H2,1-6H3,(H2,48,51)(H,49,61)(H,50,60)(H,53,59)/t33-,41-/m0/s1. The van der Waals surface area contributed by atoms with E-state index in [1.807, 2.05) is 52.0 Å². The summed E-state index contributed by atoms with van der Waals surface area (Å²) in [5.41, 5.74) is 11.2. The van der Waals surface area contributed by atoms with Crippen LogP contribution in [-0.2, 0) is 49.8 Å². The second kappa shape index (κ2) is 23.8. The average Bonchev–Trinajstić information content (AvgIpc) is 3.63. The quantitative estimate of drug-likeness (QED) is 0.0525. The zero-order valence-electron chi connectivity index (χ0n) is 38.3. The number of anilines is 2. The van der Waals surface area contributed by atoms with Crippen molar-refractivity contribution < 1.29 is 34.1 Å². The van der Waals surface area contributed by atoms with Gasteiger partial charge in [-0.15, -0.1) is 0 Å². The van der Waals surface area contributed by atoms with Gasteiger partial charge in [-0.3, -0.25) is 19.3 Å². The van der Waals surface area contributed by atoms with Crippen LogP contribution in [0.25, 0.3) is 21.9 Å². The number of carbonyl (C=O) groups is 3. The minimum atomic E-state index is -0.821. The van der Waals surface area contributed by atoms with Gasteiger partial charge in [-0.2, -0.15) is 0 Å². The van der Waals surface area contributed by atoms with Crippen molar-refractivity contribution >= 4 is 51.2 Å². The summed E-state index contributed by atoms with van der Waals surface area (Å²) in [6.45, 7) is 18.1. The van der Waals surface area contributed by atoms with Crippen molar-refractivity contribution in [3.05, 3.63) is 59.4 Å². The van der Waals surface area contributed by atoms with Crippen LogP contribution in [0.3, 0.4) is 0 Å². The molecular formula is C47H71N9O7. The van der Waals surface area contributed by atoms with E-state index < -0.39 is 29.3 Å². The summed E-state index contributed by atoms with van der Waals surface area (Å²) in [5.74, 6) is -0.109. The number of nitrogens with one attached hydrogen (secondary N) is 3. The third-order valence-electron chi connectivity index (χ3n) is 11.8. The van der Waals surface area contributed by atoms with E-state index in [0.29, 0.717) is 36.8 Å². The van der Waals surface area contributed by atoms with Crippen LogP contribution in [0.15, 0.2) is 42.5 Å². The molecule has 16 nitrogen and oxygen atoms in total. The molecule has 3 heterocycles. The van der Waals surface area contributed by atoms with Crippen LogP contribution < -0.4 is 21.7 Å². The molecule has 63 heavy (non-hydrogen) atoms. The van der Waals surface area contributed by atoms with E-state index in [2.05, 4.69) is 55.4 Å². The van der Waals surface area contributed by atoms with E-state index >= 15 is 0 Å². The number of nitrogen functional groups attached to an aromatic ring is 1. The first-order valence-corrected chi connectivity index (χ1v) is 22.7. The number of unbranched alkanes of at least 4 members (excludes halogenated alkanes) is 1. The lowest BCUT2D eigenvalue weighted by Crippen LogP contribution is -2.54. The molecule has 2 aromatic heterocycles. The highest BCUT2D eigenvalue weighted by Gasteiger charge is 2.29. The van der Waals surface area contributed by atoms with Gasteiger partial charge in [0.1, 0.15) is 30.0 Å². The number of aryl methyl sites for hydroxylation is 2. The van der Waals surface area contributed by atoms with Gasteiger partial charge in [0, 0.05) is 68.8 Å². The van der Waals surface area contributed by atoms with Crippen molar-refractivity contribution in [3.8, 4) is 0 Å². The number of nitrogens with two attached hydrogens (primary N) is 1. The van der Waals surface area contributed by atoms with Crippen LogP contribution in [0.2, 0.25) is 0 Å². The number of imidazole rings is 1. The Morgan fingerprint density at radius 1 is 0.857 bits per heavy atom. The van der Waals surface area contributed by atoms with Gasteiger partial charge in [-0.05, 0) is 74.9 Å². The van der Waals surface area contributed by atoms with Crippen molar-refractivity contribution in [1.29, 1.82) is 0 Å². The number of piperazine rings is 1. The second-order valence-corrected chi connectivity index (χ2v) is 17.6. The van der Waals surface area contributed by atoms with E-state index in [4.69, 9.17) is 25.2 Å². The largest absolute Gasteiger partial charge is 0.396 e. The molecular weight excluding hydrogens is 803 g/mol. The second-order valence-electron chi connectivity index (χ2n) is 17.6. The third-order valence-corrected chi connectivity index (χ3v) is 11.8. The van der Waals surface area contributed by atoms with E-state index in [0.717, 1.165) is 99.2 Å². The summed E-state index contributed by atoms with van der Waals surface area (Å²) in [5, 5.41) is 29.6. The van der Waals surface area contributed by atoms with E-state index in [1.54, 1.807) is 6.92 Å². The maximum atomic E-state index is 13.0. The monoisotopic (exact) mass is 874 g/mol. The molecule has 1 aliphatic rings. The number of amides is 3. The molecule has 0 bridgehead atoms. The first-order chi connectivity index (χ1) is 30.3. The lowest BCUT2D eigenvalue weighted by atomic mass is 9.92. The topological polar surface area (TPSA) is 209 Å². The number of aliphatic hydroxyl groups is 2. The van der Waals surface area contributed by atoms with Crippen LogP contribution in [0.5, 0.6) is 0 Å². The Kier molecular flexibility index (Phi) is 18.6. The number of ether oxygens (including phenoxy) is 2. The van der Waals surface area contributed by atoms with Gasteiger partial charge in [-0.25, -0.2) is 9.97 Å². The highest BCUT2D eigenvalue weighted by molar-refractivity contribution is 6.06. The molecule has 0 saturated carbocycles. The van der Waals surface area contributed by atoms with E-state index in [9.17, 15) is 24.6 Å². The maximum absolute atomic E-state index is 13.0. The summed E-state index contributed by atoms with van der Waals surface area (Å²) < 4.78 is 12.7. The van der Waals surface area contributed by atoms with Crippen LogP contribution in [0.1, 0.15) is 77.8 Å². The van der Waals surface area contributed by atoms with Gasteiger partial charge in [0.05, 0.1) is 37.5 Å². The number of hydrogen-bond donors (Lipinski definition) is 6. The minimum absolute atomic E-state index is 0.144. The number of aliphatic hydroxyl groups excluding tert-OH is 2. The molecule has 0 radical (unpaired) electrons. The van der Waals surface area contributed by atoms with Crippen LogP contribution in [-0.4, -0.2) is 137 Å². The fraction of sp³-hybridized carbons (Fsp3) is 0.596. The zero-order chi connectivity index (χ0) is 45.5. The molecule has 1 fully saturated rings. The molecule has 0 unspecified atom stereocenters. The number of pyridine rings is 1. The number of aromatic nitrogens is 3. The van der Waals surface area contributed by atoms with Gasteiger partial charge in [0.15, 0.2) is 5.82 Å². The molecule has 2 aromatic carbocycles. The molecule has 5 rings (SSSR count). The number of hydrogen-bond acceptors (Lipinski definition) is 12. The Morgan fingerprint density at radius 3 is 2.21 bits per heavy atom.